The Kier molecular flexibility index (Phi) is 4.75. The predicted octanol–water partition coefficient (Wildman–Crippen LogP) is 1.87. The number of nitrogens with two attached hydrogens (primary N) is 1. The van der Waals surface area contributed by atoms with Crippen molar-refractivity contribution < 1.29 is 9.47 Å². The fourth-order valence-electron chi connectivity index (χ4n) is 2.53. The van der Waals surface area contributed by atoms with Crippen LogP contribution in [0, 0.1) is 0 Å². The van der Waals surface area contributed by atoms with Gasteiger partial charge in [-0.1, -0.05) is 36.4 Å². The van der Waals surface area contributed by atoms with Gasteiger partial charge in [0.05, 0.1) is 19.8 Å². The Balaban J connectivity index is 1.56. The van der Waals surface area contributed by atoms with Crippen molar-refractivity contribution in [2.75, 3.05) is 39.5 Å². The second-order valence-corrected chi connectivity index (χ2v) is 5.17. The van der Waals surface area contributed by atoms with Gasteiger partial charge in [-0.3, -0.25) is 0 Å². The Morgan fingerprint density at radius 2 is 1.91 bits per heavy atom. The van der Waals surface area contributed by atoms with E-state index in [-0.39, 0.29) is 0 Å². The summed E-state index contributed by atoms with van der Waals surface area (Å²) in [5, 5.41) is 2.30. The smallest absolute Gasteiger partial charge is 0.191 e. The van der Waals surface area contributed by atoms with E-state index < -0.39 is 0 Å². The topological polar surface area (TPSA) is 60.1 Å². The third kappa shape index (κ3) is 3.49. The van der Waals surface area contributed by atoms with Gasteiger partial charge >= 0.3 is 0 Å². The Morgan fingerprint density at radius 3 is 2.77 bits per heavy atom. The average Bonchev–Trinajstić information content (AvgIpc) is 2.59. The first-order chi connectivity index (χ1) is 10.8. The summed E-state index contributed by atoms with van der Waals surface area (Å²) in [6.07, 6.45) is 0. The second kappa shape index (κ2) is 7.13. The lowest BCUT2D eigenvalue weighted by atomic mass is 10.1. The zero-order chi connectivity index (χ0) is 15.2. The predicted molar refractivity (Wildman–Crippen MR) is 88.3 cm³/mol. The molecule has 0 spiro atoms. The number of rotatable bonds is 4. The first-order valence-electron chi connectivity index (χ1n) is 7.58. The van der Waals surface area contributed by atoms with Gasteiger partial charge in [-0.25, -0.2) is 4.99 Å². The maximum absolute atomic E-state index is 5.98. The minimum Gasteiger partial charge on any atom is -0.491 e. The lowest BCUT2D eigenvalue weighted by Crippen LogP contribution is -2.45. The molecule has 5 nitrogen and oxygen atoms in total. The van der Waals surface area contributed by atoms with Crippen LogP contribution in [0.15, 0.2) is 47.5 Å². The molecule has 116 valence electrons. The van der Waals surface area contributed by atoms with Crippen LogP contribution in [0.5, 0.6) is 5.75 Å². The Morgan fingerprint density at radius 1 is 1.14 bits per heavy atom. The number of ether oxygens (including phenoxy) is 2. The van der Waals surface area contributed by atoms with Crippen LogP contribution in [0.3, 0.4) is 0 Å². The highest BCUT2D eigenvalue weighted by Crippen LogP contribution is 2.24. The Labute approximate surface area is 130 Å². The molecule has 0 amide bonds. The van der Waals surface area contributed by atoms with Crippen molar-refractivity contribution in [2.45, 2.75) is 0 Å². The number of hydrogen-bond donors (Lipinski definition) is 1. The van der Waals surface area contributed by atoms with Gasteiger partial charge in [-0.2, -0.15) is 0 Å². The van der Waals surface area contributed by atoms with Crippen molar-refractivity contribution in [3.8, 4) is 5.75 Å². The summed E-state index contributed by atoms with van der Waals surface area (Å²) >= 11 is 0. The van der Waals surface area contributed by atoms with Crippen molar-refractivity contribution >= 4 is 16.7 Å². The van der Waals surface area contributed by atoms with Gasteiger partial charge < -0.3 is 20.1 Å². The van der Waals surface area contributed by atoms with E-state index in [9.17, 15) is 0 Å². The van der Waals surface area contributed by atoms with Crippen molar-refractivity contribution in [1.29, 1.82) is 0 Å². The molecule has 2 aromatic carbocycles. The zero-order valence-corrected chi connectivity index (χ0v) is 12.6. The summed E-state index contributed by atoms with van der Waals surface area (Å²) in [6.45, 7) is 4.09. The molecule has 1 saturated heterocycles. The van der Waals surface area contributed by atoms with Crippen LogP contribution in [0.2, 0.25) is 0 Å². The van der Waals surface area contributed by atoms with Crippen LogP contribution in [0.4, 0.5) is 0 Å². The molecule has 3 rings (SSSR count). The first kappa shape index (κ1) is 14.7. The van der Waals surface area contributed by atoms with Gasteiger partial charge in [-0.05, 0) is 11.5 Å². The second-order valence-electron chi connectivity index (χ2n) is 5.17. The van der Waals surface area contributed by atoms with Crippen molar-refractivity contribution in [2.24, 2.45) is 10.7 Å². The minimum absolute atomic E-state index is 0.513. The molecule has 0 aliphatic carbocycles. The van der Waals surface area contributed by atoms with Crippen LogP contribution in [-0.2, 0) is 4.74 Å². The van der Waals surface area contributed by atoms with Crippen molar-refractivity contribution in [3.05, 3.63) is 42.5 Å². The van der Waals surface area contributed by atoms with Crippen LogP contribution >= 0.6 is 0 Å². The van der Waals surface area contributed by atoms with Crippen molar-refractivity contribution in [1.82, 2.24) is 4.90 Å². The summed E-state index contributed by atoms with van der Waals surface area (Å²) in [4.78, 5) is 6.43. The zero-order valence-electron chi connectivity index (χ0n) is 12.6. The molecule has 0 bridgehead atoms. The number of aliphatic imine (C=N–C) groups is 1. The maximum Gasteiger partial charge on any atom is 0.191 e. The Bertz CT molecular complexity index is 646. The number of guanidine groups is 1. The molecule has 1 aliphatic rings. The van der Waals surface area contributed by atoms with Gasteiger partial charge in [0.15, 0.2) is 5.96 Å². The summed E-state index contributed by atoms with van der Waals surface area (Å²) in [5.74, 6) is 1.46. The fraction of sp³-hybridized carbons (Fsp3) is 0.353. The number of nitrogens with zero attached hydrogens (tertiary/aromatic N) is 2. The molecule has 0 saturated carbocycles. The highest BCUT2D eigenvalue weighted by atomic mass is 16.5. The van der Waals surface area contributed by atoms with Gasteiger partial charge in [0.2, 0.25) is 0 Å². The third-order valence-corrected chi connectivity index (χ3v) is 3.71. The van der Waals surface area contributed by atoms with Crippen molar-refractivity contribution in [3.63, 3.8) is 0 Å². The quantitative estimate of drug-likeness (QED) is 0.532. The van der Waals surface area contributed by atoms with E-state index in [1.807, 2.05) is 29.2 Å². The fourth-order valence-corrected chi connectivity index (χ4v) is 2.53. The molecule has 2 aromatic rings. The highest BCUT2D eigenvalue weighted by molar-refractivity contribution is 5.88. The van der Waals surface area contributed by atoms with Crippen LogP contribution < -0.4 is 10.5 Å². The highest BCUT2D eigenvalue weighted by Gasteiger charge is 2.11. The van der Waals surface area contributed by atoms with Gasteiger partial charge in [-0.15, -0.1) is 0 Å². The summed E-state index contributed by atoms with van der Waals surface area (Å²) in [5.41, 5.74) is 5.98. The number of hydrogen-bond acceptors (Lipinski definition) is 3. The SMILES string of the molecule is NC(=NCCOc1cccc2ccccc12)N1CCOCC1. The molecule has 22 heavy (non-hydrogen) atoms. The van der Waals surface area contributed by atoms with E-state index in [2.05, 4.69) is 23.2 Å². The summed E-state index contributed by atoms with van der Waals surface area (Å²) < 4.78 is 11.1. The summed E-state index contributed by atoms with van der Waals surface area (Å²) in [6, 6.07) is 14.3. The molecule has 0 unspecified atom stereocenters. The summed E-state index contributed by atoms with van der Waals surface area (Å²) in [7, 11) is 0. The molecule has 0 radical (unpaired) electrons. The normalized spacial score (nSPS) is 16.0. The van der Waals surface area contributed by atoms with Gasteiger partial charge in [0.1, 0.15) is 12.4 Å². The number of morpholine rings is 1. The Hall–Kier alpha value is -2.27. The maximum atomic E-state index is 5.98. The minimum atomic E-state index is 0.513. The van der Waals surface area contributed by atoms with E-state index in [4.69, 9.17) is 15.2 Å². The van der Waals surface area contributed by atoms with Crippen LogP contribution in [-0.4, -0.2) is 50.3 Å². The van der Waals surface area contributed by atoms with E-state index in [1.165, 1.54) is 5.39 Å². The molecule has 0 aromatic heterocycles. The van der Waals surface area contributed by atoms with Gasteiger partial charge in [0, 0.05) is 18.5 Å². The number of fused-ring (bicyclic) bond motifs is 1. The first-order valence-corrected chi connectivity index (χ1v) is 7.58. The molecule has 5 heteroatoms. The number of benzene rings is 2. The monoisotopic (exact) mass is 299 g/mol. The molecule has 1 heterocycles. The van der Waals surface area contributed by atoms with E-state index in [0.717, 1.165) is 24.2 Å². The standard InChI is InChI=1S/C17H21N3O2/c18-17(20-9-12-21-13-10-20)19-8-11-22-16-7-3-5-14-4-1-2-6-15(14)16/h1-7H,8-13H2,(H2,18,19). The molecule has 2 N–H and O–H groups in total. The average molecular weight is 299 g/mol. The largest absolute Gasteiger partial charge is 0.491 e. The molecular weight excluding hydrogens is 278 g/mol. The molecule has 1 fully saturated rings. The van der Waals surface area contributed by atoms with E-state index >= 15 is 0 Å². The lowest BCUT2D eigenvalue weighted by Gasteiger charge is -2.27. The van der Waals surface area contributed by atoms with E-state index in [1.54, 1.807) is 0 Å². The molecular formula is C17H21N3O2. The van der Waals surface area contributed by atoms with E-state index in [0.29, 0.717) is 32.3 Å². The molecule has 0 atom stereocenters. The van der Waals surface area contributed by atoms with Crippen LogP contribution in [0.25, 0.3) is 10.8 Å². The molecule has 1 aliphatic heterocycles. The lowest BCUT2D eigenvalue weighted by molar-refractivity contribution is 0.0674. The van der Waals surface area contributed by atoms with Crippen LogP contribution in [0.1, 0.15) is 0 Å². The third-order valence-electron chi connectivity index (χ3n) is 3.71. The van der Waals surface area contributed by atoms with Gasteiger partial charge in [0.25, 0.3) is 0 Å².